The maximum atomic E-state index is 6.45. The maximum absolute atomic E-state index is 6.45. The second-order valence-corrected chi connectivity index (χ2v) is 12.1. The molecule has 10 rings (SSSR count). The molecule has 0 amide bonds. The van der Waals surface area contributed by atoms with Crippen LogP contribution >= 0.6 is 0 Å². The molecule has 7 heteroatoms. The number of fused-ring (bicyclic) bond motifs is 6. The molecule has 0 saturated carbocycles. The van der Waals surface area contributed by atoms with E-state index in [1.54, 1.807) is 6.20 Å². The fourth-order valence-corrected chi connectivity index (χ4v) is 6.81. The van der Waals surface area contributed by atoms with Crippen LogP contribution in [0.25, 0.3) is 78.1 Å². The van der Waals surface area contributed by atoms with Crippen LogP contribution in [0.1, 0.15) is 0 Å². The summed E-state index contributed by atoms with van der Waals surface area (Å²) in [5.74, 6) is 2.67. The molecular formula is C44H26N4O2Pt. The first-order chi connectivity index (χ1) is 24.8. The zero-order valence-electron chi connectivity index (χ0n) is 26.9. The molecule has 6 aromatic carbocycles. The van der Waals surface area contributed by atoms with Crippen LogP contribution in [0.4, 0.5) is 0 Å². The van der Waals surface area contributed by atoms with Gasteiger partial charge in [-0.15, -0.1) is 41.3 Å². The second-order valence-electron chi connectivity index (χ2n) is 12.1. The molecule has 4 aromatic heterocycles. The second kappa shape index (κ2) is 12.6. The van der Waals surface area contributed by atoms with Gasteiger partial charge in [0.1, 0.15) is 5.82 Å². The van der Waals surface area contributed by atoms with E-state index in [0.717, 1.165) is 66.8 Å². The van der Waals surface area contributed by atoms with Crippen molar-refractivity contribution in [1.29, 1.82) is 0 Å². The summed E-state index contributed by atoms with van der Waals surface area (Å²) in [5.41, 5.74) is 9.66. The Morgan fingerprint density at radius 2 is 1.29 bits per heavy atom. The quantitative estimate of drug-likeness (QED) is 0.157. The van der Waals surface area contributed by atoms with Gasteiger partial charge in [-0.05, 0) is 58.0 Å². The smallest absolute Gasteiger partial charge is 0.503 e. The van der Waals surface area contributed by atoms with Crippen LogP contribution in [0.5, 0.6) is 11.5 Å². The largest absolute Gasteiger partial charge is 2.00 e. The average Bonchev–Trinajstić information content (AvgIpc) is 3.85. The molecule has 0 aliphatic rings. The number of aromatic nitrogens is 4. The van der Waals surface area contributed by atoms with Gasteiger partial charge in [0, 0.05) is 23.2 Å². The summed E-state index contributed by atoms with van der Waals surface area (Å²) in [5, 5.41) is 2.19. The van der Waals surface area contributed by atoms with Crippen LogP contribution in [0.2, 0.25) is 0 Å². The predicted octanol–water partition coefficient (Wildman–Crippen LogP) is 11.0. The SMILES string of the molecule is [Pt+2].[c-]1c(Oc2[c-]c3c(cc2)c2cc(-c4ccccc4)ccc2n3-c2ccccn2)cccc1-c1ncc2oc3cc(-c4ccccc4)ccc3n12. The van der Waals surface area contributed by atoms with E-state index in [0.29, 0.717) is 17.2 Å². The van der Waals surface area contributed by atoms with Crippen LogP contribution in [0.15, 0.2) is 162 Å². The number of imidazole rings is 1. The molecule has 0 radical (unpaired) electrons. The van der Waals surface area contributed by atoms with Gasteiger partial charge in [0.25, 0.3) is 0 Å². The van der Waals surface area contributed by atoms with E-state index in [-0.39, 0.29) is 21.1 Å². The summed E-state index contributed by atoms with van der Waals surface area (Å²) in [6, 6.07) is 56.4. The van der Waals surface area contributed by atoms with Gasteiger partial charge in [-0.25, -0.2) is 4.98 Å². The zero-order valence-corrected chi connectivity index (χ0v) is 29.2. The van der Waals surface area contributed by atoms with Crippen LogP contribution < -0.4 is 4.74 Å². The summed E-state index contributed by atoms with van der Waals surface area (Å²) < 4.78 is 16.8. The number of oxazole rings is 1. The number of benzene rings is 6. The van der Waals surface area contributed by atoms with Crippen molar-refractivity contribution in [2.75, 3.05) is 0 Å². The first-order valence-electron chi connectivity index (χ1n) is 16.4. The molecule has 6 nitrogen and oxygen atoms in total. The maximum Gasteiger partial charge on any atom is 2.00 e. The Morgan fingerprint density at radius 1 is 0.569 bits per heavy atom. The molecule has 0 spiro atoms. The Hall–Kier alpha value is -6.23. The molecule has 0 N–H and O–H groups in total. The van der Waals surface area contributed by atoms with Crippen molar-refractivity contribution >= 4 is 38.6 Å². The van der Waals surface area contributed by atoms with Crippen LogP contribution in [0, 0.1) is 12.1 Å². The summed E-state index contributed by atoms with van der Waals surface area (Å²) in [7, 11) is 0. The van der Waals surface area contributed by atoms with Gasteiger partial charge in [-0.2, -0.15) is 6.07 Å². The summed E-state index contributed by atoms with van der Waals surface area (Å²) in [6.07, 6.45) is 3.56. The zero-order chi connectivity index (χ0) is 33.0. The van der Waals surface area contributed by atoms with Crippen molar-refractivity contribution in [3.8, 4) is 51.0 Å². The minimum Gasteiger partial charge on any atom is -0.503 e. The van der Waals surface area contributed by atoms with Gasteiger partial charge in [-0.1, -0.05) is 96.5 Å². The molecule has 0 aliphatic carbocycles. The van der Waals surface area contributed by atoms with Crippen molar-refractivity contribution in [2.24, 2.45) is 0 Å². The van der Waals surface area contributed by atoms with Gasteiger partial charge < -0.3 is 18.1 Å². The number of ether oxygens (including phenoxy) is 1. The summed E-state index contributed by atoms with van der Waals surface area (Å²) in [4.78, 5) is 9.41. The third-order valence-electron chi connectivity index (χ3n) is 9.12. The molecule has 0 bridgehead atoms. The Morgan fingerprint density at radius 3 is 2.06 bits per heavy atom. The van der Waals surface area contributed by atoms with Crippen molar-refractivity contribution < 1.29 is 30.2 Å². The van der Waals surface area contributed by atoms with Gasteiger partial charge in [0.05, 0.1) is 17.5 Å². The normalized spacial score (nSPS) is 11.4. The van der Waals surface area contributed by atoms with Gasteiger partial charge in [0.2, 0.25) is 5.71 Å². The molecule has 0 saturated heterocycles. The molecule has 0 fully saturated rings. The molecule has 51 heavy (non-hydrogen) atoms. The molecule has 4 heterocycles. The van der Waals surface area contributed by atoms with Crippen LogP contribution in [0.3, 0.4) is 0 Å². The number of hydrogen-bond donors (Lipinski definition) is 0. The predicted molar refractivity (Wildman–Crippen MR) is 198 cm³/mol. The van der Waals surface area contributed by atoms with Crippen molar-refractivity contribution in [1.82, 2.24) is 18.9 Å². The Kier molecular flexibility index (Phi) is 7.60. The van der Waals surface area contributed by atoms with Gasteiger partial charge in [0.15, 0.2) is 5.58 Å². The molecule has 244 valence electrons. The summed E-state index contributed by atoms with van der Waals surface area (Å²) >= 11 is 0. The van der Waals surface area contributed by atoms with Crippen LogP contribution in [-0.2, 0) is 21.1 Å². The van der Waals surface area contributed by atoms with Crippen LogP contribution in [-0.4, -0.2) is 18.9 Å². The van der Waals surface area contributed by atoms with E-state index in [1.807, 2.05) is 77.3 Å². The first kappa shape index (κ1) is 30.8. The minimum absolute atomic E-state index is 0. The van der Waals surface area contributed by atoms with Crippen molar-refractivity contribution in [3.63, 3.8) is 0 Å². The van der Waals surface area contributed by atoms with E-state index >= 15 is 0 Å². The summed E-state index contributed by atoms with van der Waals surface area (Å²) in [6.45, 7) is 0. The van der Waals surface area contributed by atoms with Crippen molar-refractivity contribution in [3.05, 3.63) is 170 Å². The van der Waals surface area contributed by atoms with E-state index in [1.165, 1.54) is 5.56 Å². The van der Waals surface area contributed by atoms with E-state index in [2.05, 4.69) is 95.6 Å². The molecular weight excluding hydrogens is 812 g/mol. The first-order valence-corrected chi connectivity index (χ1v) is 16.4. The Bertz CT molecular complexity index is 2840. The number of hydrogen-bond acceptors (Lipinski definition) is 4. The Labute approximate surface area is 307 Å². The van der Waals surface area contributed by atoms with E-state index in [4.69, 9.17) is 19.1 Å². The molecule has 0 atom stereocenters. The monoisotopic (exact) mass is 837 g/mol. The average molecular weight is 838 g/mol. The number of nitrogens with zero attached hydrogens (tertiary/aromatic N) is 4. The topological polar surface area (TPSA) is 57.5 Å². The van der Waals surface area contributed by atoms with Gasteiger partial charge >= 0.3 is 21.1 Å². The van der Waals surface area contributed by atoms with E-state index in [9.17, 15) is 0 Å². The standard InChI is InChI=1S/C44H26N4O2.Pt/c1-3-10-29(11-4-1)31-17-21-38-37(25-31)36-20-19-35(27-40(36)47(38)42-16-7-8-23-45-42)49-34-15-9-14-33(24-34)44-46-28-43-48(44)39-22-18-32(26-41(39)50-43)30-12-5-2-6-13-30;/h1-23,25-26,28H;/q-2;+2. The minimum atomic E-state index is 0. The molecule has 10 aromatic rings. The third kappa shape index (κ3) is 5.32. The van der Waals surface area contributed by atoms with Crippen molar-refractivity contribution in [2.45, 2.75) is 0 Å². The molecule has 0 unspecified atom stereocenters. The number of pyridine rings is 1. The van der Waals surface area contributed by atoms with E-state index < -0.39 is 0 Å². The Balaban J connectivity index is 0.00000348. The molecule has 0 aliphatic heterocycles. The fourth-order valence-electron chi connectivity index (χ4n) is 6.81. The number of rotatable bonds is 6. The third-order valence-corrected chi connectivity index (χ3v) is 9.12. The van der Waals surface area contributed by atoms with Gasteiger partial charge in [-0.3, -0.25) is 4.98 Å². The fraction of sp³-hybridized carbons (Fsp3) is 0.